The van der Waals surface area contributed by atoms with Crippen LogP contribution in [0.1, 0.15) is 16.0 Å². The summed E-state index contributed by atoms with van der Waals surface area (Å²) in [6.45, 7) is 0. The Morgan fingerprint density at radius 3 is 2.69 bits per heavy atom. The molecule has 0 fully saturated rings. The Bertz CT molecular complexity index is 444. The molecule has 0 aromatic heterocycles. The Labute approximate surface area is 98.0 Å². The Kier molecular flexibility index (Phi) is 2.69. The lowest BCUT2D eigenvalue weighted by Gasteiger charge is -2.14. The number of nitrogens with one attached hydrogen (secondary N) is 1. The third kappa shape index (κ3) is 2.07. The zero-order chi connectivity index (χ0) is 11.9. The van der Waals surface area contributed by atoms with Crippen molar-refractivity contribution in [2.75, 3.05) is 5.32 Å². The van der Waals surface area contributed by atoms with Gasteiger partial charge < -0.3 is 5.32 Å². The van der Waals surface area contributed by atoms with Crippen LogP contribution < -0.4 is 5.32 Å². The molecular weight excluding hydrogens is 287 g/mol. The average molecular weight is 294 g/mol. The van der Waals surface area contributed by atoms with Crippen molar-refractivity contribution >= 4 is 27.5 Å². The predicted molar refractivity (Wildman–Crippen MR) is 56.5 cm³/mol. The van der Waals surface area contributed by atoms with E-state index in [9.17, 15) is 18.0 Å². The van der Waals surface area contributed by atoms with Crippen LogP contribution in [0.3, 0.4) is 0 Å². The zero-order valence-electron chi connectivity index (χ0n) is 7.94. The molecule has 0 saturated carbocycles. The maximum atomic E-state index is 12.4. The van der Waals surface area contributed by atoms with Gasteiger partial charge in [0.15, 0.2) is 0 Å². The van der Waals surface area contributed by atoms with E-state index in [4.69, 9.17) is 0 Å². The predicted octanol–water partition coefficient (Wildman–Crippen LogP) is 3.18. The van der Waals surface area contributed by atoms with Gasteiger partial charge in [0, 0.05) is 5.69 Å². The highest BCUT2D eigenvalue weighted by molar-refractivity contribution is 9.09. The van der Waals surface area contributed by atoms with E-state index in [1.807, 2.05) is 0 Å². The number of anilines is 1. The van der Waals surface area contributed by atoms with Gasteiger partial charge in [-0.3, -0.25) is 4.79 Å². The summed E-state index contributed by atoms with van der Waals surface area (Å²) in [5.74, 6) is -0.190. The second kappa shape index (κ2) is 3.76. The van der Waals surface area contributed by atoms with Gasteiger partial charge in [-0.15, -0.1) is 0 Å². The van der Waals surface area contributed by atoms with Gasteiger partial charge in [0.25, 0.3) is 0 Å². The van der Waals surface area contributed by atoms with Crippen molar-refractivity contribution in [3.63, 3.8) is 0 Å². The topological polar surface area (TPSA) is 29.1 Å². The highest BCUT2D eigenvalue weighted by Crippen LogP contribution is 2.41. The highest BCUT2D eigenvalue weighted by Gasteiger charge is 2.39. The molecule has 0 saturated heterocycles. The molecule has 86 valence electrons. The Balaban J connectivity index is 2.33. The number of rotatable bonds is 1. The van der Waals surface area contributed by atoms with Crippen LogP contribution in [0.2, 0.25) is 0 Å². The zero-order valence-corrected chi connectivity index (χ0v) is 9.52. The Morgan fingerprint density at radius 1 is 1.38 bits per heavy atom. The van der Waals surface area contributed by atoms with E-state index in [0.717, 1.165) is 0 Å². The van der Waals surface area contributed by atoms with Crippen LogP contribution in [0.5, 0.6) is 0 Å². The lowest BCUT2D eigenvalue weighted by atomic mass is 10.1. The monoisotopic (exact) mass is 293 g/mol. The number of fused-ring (bicyclic) bond motifs is 1. The highest BCUT2D eigenvalue weighted by atomic mass is 79.9. The minimum absolute atomic E-state index is 0.114. The summed E-state index contributed by atoms with van der Waals surface area (Å²) in [6.07, 6.45) is -4.19. The molecule has 1 amide bonds. The summed E-state index contributed by atoms with van der Waals surface area (Å²) in [5.41, 5.74) is 1.31. The summed E-state index contributed by atoms with van der Waals surface area (Å²) in [7, 11) is 0. The second-order valence-corrected chi connectivity index (χ2v) is 4.46. The van der Waals surface area contributed by atoms with Crippen molar-refractivity contribution < 1.29 is 18.0 Å². The van der Waals surface area contributed by atoms with E-state index in [2.05, 4.69) is 21.2 Å². The van der Waals surface area contributed by atoms with Gasteiger partial charge in [0.1, 0.15) is 4.83 Å². The third-order valence-corrected chi connectivity index (χ3v) is 3.38. The Hall–Kier alpha value is -1.04. The molecule has 1 aromatic rings. The molecule has 1 aliphatic rings. The molecule has 0 radical (unpaired) electrons. The second-order valence-electron chi connectivity index (χ2n) is 3.55. The quantitative estimate of drug-likeness (QED) is 0.792. The van der Waals surface area contributed by atoms with Gasteiger partial charge >= 0.3 is 6.18 Å². The summed E-state index contributed by atoms with van der Waals surface area (Å²) < 4.78 is 37.3. The fourth-order valence-corrected chi connectivity index (χ4v) is 1.88. The maximum absolute atomic E-state index is 12.4. The van der Waals surface area contributed by atoms with Gasteiger partial charge in [0.05, 0.1) is 6.42 Å². The molecule has 2 nitrogen and oxygen atoms in total. The number of alkyl halides is 4. The molecule has 1 heterocycles. The maximum Gasteiger partial charge on any atom is 0.405 e. The molecule has 16 heavy (non-hydrogen) atoms. The van der Waals surface area contributed by atoms with Gasteiger partial charge in [0.2, 0.25) is 5.91 Å². The molecular formula is C10H7BrF3NO. The van der Waals surface area contributed by atoms with Crippen molar-refractivity contribution in [2.24, 2.45) is 0 Å². The lowest BCUT2D eigenvalue weighted by Crippen LogP contribution is -2.15. The molecule has 1 unspecified atom stereocenters. The number of hydrogen-bond donors (Lipinski definition) is 1. The molecule has 0 bridgehead atoms. The van der Waals surface area contributed by atoms with Gasteiger partial charge in [-0.2, -0.15) is 13.2 Å². The van der Waals surface area contributed by atoms with Crippen LogP contribution in [-0.4, -0.2) is 12.1 Å². The van der Waals surface area contributed by atoms with Crippen molar-refractivity contribution in [3.05, 3.63) is 29.3 Å². The van der Waals surface area contributed by atoms with E-state index in [-0.39, 0.29) is 17.9 Å². The molecule has 1 atom stereocenters. The number of halogens is 4. The molecule has 1 N–H and O–H groups in total. The van der Waals surface area contributed by atoms with Crippen molar-refractivity contribution in [2.45, 2.75) is 17.4 Å². The first-order valence-corrected chi connectivity index (χ1v) is 5.43. The number of hydrogen-bond acceptors (Lipinski definition) is 1. The largest absolute Gasteiger partial charge is 0.405 e. The first kappa shape index (κ1) is 11.4. The Morgan fingerprint density at radius 2 is 2.06 bits per heavy atom. The summed E-state index contributed by atoms with van der Waals surface area (Å²) in [4.78, 5) is 9.34. The molecule has 0 spiro atoms. The minimum Gasteiger partial charge on any atom is -0.326 e. The molecule has 6 heteroatoms. The van der Waals surface area contributed by atoms with Crippen LogP contribution in [0.15, 0.2) is 18.2 Å². The van der Waals surface area contributed by atoms with E-state index >= 15 is 0 Å². The minimum atomic E-state index is -4.33. The van der Waals surface area contributed by atoms with E-state index in [1.165, 1.54) is 18.2 Å². The summed E-state index contributed by atoms with van der Waals surface area (Å²) >= 11 is 2.60. The van der Waals surface area contributed by atoms with Gasteiger partial charge in [-0.05, 0) is 17.2 Å². The van der Waals surface area contributed by atoms with Crippen LogP contribution in [0, 0.1) is 0 Å². The van der Waals surface area contributed by atoms with E-state index in [0.29, 0.717) is 11.3 Å². The van der Waals surface area contributed by atoms with Crippen LogP contribution >= 0.6 is 15.9 Å². The number of benzene rings is 1. The summed E-state index contributed by atoms with van der Waals surface area (Å²) in [5, 5.41) is 2.57. The molecule has 2 rings (SSSR count). The molecule has 1 aliphatic heterocycles. The first-order valence-electron chi connectivity index (χ1n) is 4.51. The smallest absolute Gasteiger partial charge is 0.326 e. The first-order chi connectivity index (χ1) is 7.38. The fraction of sp³-hybridized carbons (Fsp3) is 0.300. The lowest BCUT2D eigenvalue weighted by molar-refractivity contribution is -0.128. The molecule has 1 aromatic carbocycles. The van der Waals surface area contributed by atoms with Gasteiger partial charge in [-0.1, -0.05) is 28.1 Å². The third-order valence-electron chi connectivity index (χ3n) is 2.33. The van der Waals surface area contributed by atoms with Crippen molar-refractivity contribution in [1.29, 1.82) is 0 Å². The van der Waals surface area contributed by atoms with Gasteiger partial charge in [-0.25, -0.2) is 0 Å². The normalized spacial score (nSPS) is 16.9. The fourth-order valence-electron chi connectivity index (χ4n) is 1.60. The van der Waals surface area contributed by atoms with E-state index in [1.54, 1.807) is 0 Å². The van der Waals surface area contributed by atoms with E-state index < -0.39 is 11.0 Å². The number of carbonyl (C=O) groups excluding carboxylic acids is 1. The number of amides is 1. The standard InChI is InChI=1S/C10H7BrF3NO/c11-9(10(12,13)14)5-1-2-7-6(3-5)4-8(16)15-7/h1-3,9H,4H2,(H,15,16). The van der Waals surface area contributed by atoms with Crippen LogP contribution in [0.4, 0.5) is 18.9 Å². The van der Waals surface area contributed by atoms with Crippen LogP contribution in [0.25, 0.3) is 0 Å². The van der Waals surface area contributed by atoms with Crippen LogP contribution in [-0.2, 0) is 11.2 Å². The van der Waals surface area contributed by atoms with Crippen molar-refractivity contribution in [3.8, 4) is 0 Å². The summed E-state index contributed by atoms with van der Waals surface area (Å²) in [6, 6.07) is 4.26. The SMILES string of the molecule is O=C1Cc2cc(C(Br)C(F)(F)F)ccc2N1. The molecule has 0 aliphatic carbocycles. The number of carbonyl (C=O) groups is 1. The van der Waals surface area contributed by atoms with Crippen molar-refractivity contribution in [1.82, 2.24) is 0 Å². The average Bonchev–Trinajstić information content (AvgIpc) is 2.54.